The fraction of sp³-hybridized carbons (Fsp3) is 0.0556. The van der Waals surface area contributed by atoms with Gasteiger partial charge in [-0.3, -0.25) is 4.98 Å². The summed E-state index contributed by atoms with van der Waals surface area (Å²) in [5.41, 5.74) is 8.82. The number of benzene rings is 4. The first-order valence-electron chi connectivity index (χ1n) is 14.1. The summed E-state index contributed by atoms with van der Waals surface area (Å²) in [5, 5.41) is 0. The Morgan fingerprint density at radius 1 is 0.571 bits per heavy atom. The summed E-state index contributed by atoms with van der Waals surface area (Å²) in [7, 11) is 0. The third-order valence-corrected chi connectivity index (χ3v) is 7.70. The Labute approximate surface area is 246 Å². The molecule has 3 heterocycles. The van der Waals surface area contributed by atoms with Crippen LogP contribution >= 0.6 is 0 Å². The molecular formula is C36H29BN4O. The average Bonchev–Trinajstić information content (AvgIpc) is 3.37. The Morgan fingerprint density at radius 3 is 2.05 bits per heavy atom. The third-order valence-electron chi connectivity index (χ3n) is 7.70. The molecule has 5 nitrogen and oxygen atoms in total. The van der Waals surface area contributed by atoms with E-state index >= 15 is 0 Å². The van der Waals surface area contributed by atoms with Crippen molar-refractivity contribution in [3.63, 3.8) is 0 Å². The Hall–Kier alpha value is -5.36. The van der Waals surface area contributed by atoms with Crippen LogP contribution in [0.4, 0.5) is 22.9 Å². The number of nitrogens with zero attached hydrogens (tertiary/aromatic N) is 4. The highest BCUT2D eigenvalue weighted by atomic mass is 16.5. The molecule has 0 N–H and O–H groups in total. The summed E-state index contributed by atoms with van der Waals surface area (Å²) in [6.45, 7) is 4.24. The van der Waals surface area contributed by atoms with Gasteiger partial charge in [-0.2, -0.15) is 0 Å². The number of ether oxygens (including phenoxy) is 1. The highest BCUT2D eigenvalue weighted by Gasteiger charge is 2.45. The highest BCUT2D eigenvalue weighted by Crippen LogP contribution is 2.45. The van der Waals surface area contributed by atoms with Crippen LogP contribution in [0.2, 0.25) is 0 Å². The molecule has 2 aromatic heterocycles. The minimum Gasteiger partial charge on any atom is -0.457 e. The second-order valence-electron chi connectivity index (χ2n) is 10.4. The molecule has 6 aromatic rings. The molecule has 0 spiro atoms. The summed E-state index contributed by atoms with van der Waals surface area (Å²) in [5.74, 6) is 2.41. The third kappa shape index (κ3) is 4.67. The first-order chi connectivity index (χ1) is 20.7. The van der Waals surface area contributed by atoms with E-state index in [0.717, 1.165) is 45.6 Å². The van der Waals surface area contributed by atoms with E-state index in [0.29, 0.717) is 0 Å². The molecule has 0 aliphatic carbocycles. The topological polar surface area (TPSA) is 41.5 Å². The van der Waals surface area contributed by atoms with E-state index in [1.165, 1.54) is 16.6 Å². The zero-order chi connectivity index (χ0) is 28.5. The van der Waals surface area contributed by atoms with Crippen LogP contribution in [0.15, 0.2) is 140 Å². The van der Waals surface area contributed by atoms with Gasteiger partial charge in [0, 0.05) is 35.4 Å². The van der Waals surface area contributed by atoms with E-state index in [9.17, 15) is 0 Å². The molecule has 202 valence electrons. The number of anilines is 4. The number of aryl methyl sites for hydroxylation is 2. The summed E-state index contributed by atoms with van der Waals surface area (Å²) >= 11 is 0. The Balaban J connectivity index is 1.33. The maximum atomic E-state index is 6.44. The lowest BCUT2D eigenvalue weighted by Gasteiger charge is -2.31. The van der Waals surface area contributed by atoms with Crippen LogP contribution < -0.4 is 19.8 Å². The molecule has 1 aliphatic rings. The van der Waals surface area contributed by atoms with Crippen LogP contribution in [-0.4, -0.2) is 17.0 Å². The smallest absolute Gasteiger partial charge is 0.422 e. The second-order valence-corrected chi connectivity index (χ2v) is 10.4. The Morgan fingerprint density at radius 2 is 1.26 bits per heavy atom. The summed E-state index contributed by atoms with van der Waals surface area (Å²) in [6, 6.07) is 43.4. The standard InChI is InChI=1S/C36H29BN4O/c1-26-12-8-13-27(2)35(26)37-40(29-15-4-3-5-16-29)34-21-11-23-39-36(34)41(37)30-17-10-19-32(25-30)42-31-18-9-14-28(24-31)33-20-6-7-22-38-33/h3-25H,1-2H3. The van der Waals surface area contributed by atoms with Crippen LogP contribution in [0.3, 0.4) is 0 Å². The predicted molar refractivity (Wildman–Crippen MR) is 172 cm³/mol. The zero-order valence-electron chi connectivity index (χ0n) is 23.6. The molecule has 0 unspecified atom stereocenters. The summed E-state index contributed by atoms with van der Waals surface area (Å²) < 4.78 is 6.44. The number of hydrogen-bond donors (Lipinski definition) is 0. The van der Waals surface area contributed by atoms with Gasteiger partial charge in [0.2, 0.25) is 0 Å². The van der Waals surface area contributed by atoms with Gasteiger partial charge in [-0.15, -0.1) is 0 Å². The first-order valence-corrected chi connectivity index (χ1v) is 14.1. The largest absolute Gasteiger partial charge is 0.457 e. The molecule has 0 saturated carbocycles. The van der Waals surface area contributed by atoms with Crippen molar-refractivity contribution >= 4 is 35.3 Å². The van der Waals surface area contributed by atoms with Gasteiger partial charge in [-0.1, -0.05) is 71.8 Å². The monoisotopic (exact) mass is 544 g/mol. The van der Waals surface area contributed by atoms with Crippen molar-refractivity contribution in [1.82, 2.24) is 9.97 Å². The van der Waals surface area contributed by atoms with Gasteiger partial charge < -0.3 is 14.4 Å². The van der Waals surface area contributed by atoms with E-state index in [1.807, 2.05) is 66.9 Å². The molecule has 4 aromatic carbocycles. The van der Waals surface area contributed by atoms with Gasteiger partial charge in [0.15, 0.2) is 0 Å². The molecule has 42 heavy (non-hydrogen) atoms. The number of hydrogen-bond acceptors (Lipinski definition) is 5. The maximum absolute atomic E-state index is 6.44. The Bertz CT molecular complexity index is 1840. The van der Waals surface area contributed by atoms with Crippen molar-refractivity contribution in [3.8, 4) is 22.8 Å². The number of para-hydroxylation sites is 1. The molecule has 0 atom stereocenters. The lowest BCUT2D eigenvalue weighted by molar-refractivity contribution is 0.483. The van der Waals surface area contributed by atoms with Crippen LogP contribution in [0.25, 0.3) is 11.3 Å². The van der Waals surface area contributed by atoms with Crippen LogP contribution in [0.1, 0.15) is 11.1 Å². The lowest BCUT2D eigenvalue weighted by atomic mass is 9.61. The SMILES string of the molecule is Cc1cccc(C)c1B1N(c2ccccc2)c2cccnc2N1c1cccc(Oc2cccc(-c3ccccn3)c2)c1. The van der Waals surface area contributed by atoms with Gasteiger partial charge in [0.05, 0.1) is 11.4 Å². The van der Waals surface area contributed by atoms with E-state index in [2.05, 4.69) is 95.2 Å². The van der Waals surface area contributed by atoms with Crippen LogP contribution in [0.5, 0.6) is 11.5 Å². The molecular weight excluding hydrogens is 515 g/mol. The molecule has 0 saturated heterocycles. The number of aromatic nitrogens is 2. The summed E-state index contributed by atoms with van der Waals surface area (Å²) in [4.78, 5) is 14.1. The predicted octanol–water partition coefficient (Wildman–Crippen LogP) is 8.24. The number of rotatable bonds is 6. The zero-order valence-corrected chi connectivity index (χ0v) is 23.6. The second kappa shape index (κ2) is 10.9. The van der Waals surface area contributed by atoms with E-state index in [4.69, 9.17) is 9.72 Å². The van der Waals surface area contributed by atoms with Crippen molar-refractivity contribution in [2.45, 2.75) is 13.8 Å². The van der Waals surface area contributed by atoms with E-state index in [1.54, 1.807) is 6.20 Å². The summed E-state index contributed by atoms with van der Waals surface area (Å²) in [6.07, 6.45) is 3.67. The first kappa shape index (κ1) is 25.6. The molecule has 7 rings (SSSR count). The molecule has 0 radical (unpaired) electrons. The maximum Gasteiger partial charge on any atom is 0.422 e. The van der Waals surface area contributed by atoms with Crippen LogP contribution in [0, 0.1) is 13.8 Å². The molecule has 0 bridgehead atoms. The van der Waals surface area contributed by atoms with E-state index < -0.39 is 0 Å². The molecule has 0 amide bonds. The number of pyridine rings is 2. The van der Waals surface area contributed by atoms with Gasteiger partial charge in [-0.05, 0) is 80.0 Å². The lowest BCUT2D eigenvalue weighted by Crippen LogP contribution is -2.55. The van der Waals surface area contributed by atoms with Crippen LogP contribution in [-0.2, 0) is 0 Å². The Kier molecular flexibility index (Phi) is 6.65. The van der Waals surface area contributed by atoms with Crippen molar-refractivity contribution in [2.24, 2.45) is 0 Å². The quantitative estimate of drug-likeness (QED) is 0.198. The van der Waals surface area contributed by atoms with Crippen molar-refractivity contribution < 1.29 is 4.74 Å². The van der Waals surface area contributed by atoms with Crippen molar-refractivity contribution in [3.05, 3.63) is 151 Å². The van der Waals surface area contributed by atoms with Gasteiger partial charge in [-0.25, -0.2) is 4.98 Å². The molecule has 6 heteroatoms. The number of fused-ring (bicyclic) bond motifs is 1. The highest BCUT2D eigenvalue weighted by molar-refractivity contribution is 6.85. The van der Waals surface area contributed by atoms with E-state index in [-0.39, 0.29) is 6.98 Å². The van der Waals surface area contributed by atoms with Gasteiger partial charge in [0.25, 0.3) is 0 Å². The normalized spacial score (nSPS) is 12.4. The van der Waals surface area contributed by atoms with Gasteiger partial charge >= 0.3 is 6.98 Å². The molecule has 1 aliphatic heterocycles. The molecule has 0 fully saturated rings. The fourth-order valence-corrected chi connectivity index (χ4v) is 5.84. The van der Waals surface area contributed by atoms with Crippen molar-refractivity contribution in [2.75, 3.05) is 9.62 Å². The fourth-order valence-electron chi connectivity index (χ4n) is 5.84. The average molecular weight is 544 g/mol. The minimum absolute atomic E-state index is 0.138. The van der Waals surface area contributed by atoms with Crippen molar-refractivity contribution in [1.29, 1.82) is 0 Å². The van der Waals surface area contributed by atoms with Gasteiger partial charge in [0.1, 0.15) is 17.3 Å². The minimum atomic E-state index is -0.138.